The van der Waals surface area contributed by atoms with Crippen LogP contribution in [-0.4, -0.2) is 74.4 Å². The van der Waals surface area contributed by atoms with Gasteiger partial charge in [0, 0.05) is 19.6 Å². The summed E-state index contributed by atoms with van der Waals surface area (Å²) in [5.41, 5.74) is 0. The summed E-state index contributed by atoms with van der Waals surface area (Å²) in [4.78, 5) is 14.9. The number of nitrogens with one attached hydrogen (secondary N) is 3. The Kier molecular flexibility index (Phi) is 50.1. The van der Waals surface area contributed by atoms with E-state index in [2.05, 4.69) is 41.6 Å². The van der Waals surface area contributed by atoms with Crippen LogP contribution >= 0.6 is 0 Å². The molecule has 348 valence electrons. The van der Waals surface area contributed by atoms with Crippen molar-refractivity contribution in [2.45, 2.75) is 277 Å². The van der Waals surface area contributed by atoms with Gasteiger partial charge >= 0.3 is 0 Å². The van der Waals surface area contributed by atoms with Gasteiger partial charge in [0.05, 0.1) is 12.6 Å². The van der Waals surface area contributed by atoms with Crippen molar-refractivity contribution in [2.24, 2.45) is 0 Å². The van der Waals surface area contributed by atoms with Gasteiger partial charge in [-0.15, -0.1) is 0 Å². The molecule has 0 aromatic heterocycles. The second-order valence-electron chi connectivity index (χ2n) is 18.4. The van der Waals surface area contributed by atoms with E-state index in [-0.39, 0.29) is 5.91 Å². The molecule has 0 aromatic rings. The molecule has 0 spiro atoms. The van der Waals surface area contributed by atoms with Gasteiger partial charge in [-0.05, 0) is 58.3 Å². The van der Waals surface area contributed by atoms with Crippen molar-refractivity contribution < 1.29 is 9.90 Å². The van der Waals surface area contributed by atoms with Gasteiger partial charge in [0.15, 0.2) is 0 Å². The molecular formula is C52H108N4O2. The molecule has 4 N–H and O–H groups in total. The Hall–Kier alpha value is -0.690. The van der Waals surface area contributed by atoms with Gasteiger partial charge in [0.1, 0.15) is 0 Å². The highest BCUT2D eigenvalue weighted by molar-refractivity contribution is 5.77. The molecule has 58 heavy (non-hydrogen) atoms. The van der Waals surface area contributed by atoms with Crippen molar-refractivity contribution >= 4 is 5.91 Å². The number of carbonyl (C=O) groups excluding carboxylic acids is 1. The standard InChI is InChI=1S/C52H108N4O2/c1-4-7-10-13-16-19-22-25-28-31-34-37-41-46-56(47-42-40-44-53-43-38-35-32-29-26-23-20-17-14-11-8-5-2)50-51(57)48-54-49-52(58)55-45-39-36-33-30-27-24-21-18-15-12-9-6-3/h51,53-54,57H,4-50H2,1-3H3,(H,55,58). The Morgan fingerprint density at radius 1 is 0.397 bits per heavy atom. The summed E-state index contributed by atoms with van der Waals surface area (Å²) in [6, 6.07) is 0. The van der Waals surface area contributed by atoms with E-state index in [0.717, 1.165) is 39.1 Å². The van der Waals surface area contributed by atoms with E-state index in [1.54, 1.807) is 0 Å². The fourth-order valence-electron chi connectivity index (χ4n) is 8.42. The molecule has 1 unspecified atom stereocenters. The SMILES string of the molecule is CCCCCCCCCCCCCCCN(CCCCNCCCCCCCCCCCCCC)CC(O)CNCC(=O)NCCCCCCCCCCCCCC. The third-order valence-electron chi connectivity index (χ3n) is 12.3. The molecule has 0 aromatic carbocycles. The highest BCUT2D eigenvalue weighted by atomic mass is 16.3. The van der Waals surface area contributed by atoms with Crippen LogP contribution in [0.5, 0.6) is 0 Å². The molecule has 6 heteroatoms. The van der Waals surface area contributed by atoms with Crippen LogP contribution < -0.4 is 16.0 Å². The molecule has 6 nitrogen and oxygen atoms in total. The van der Waals surface area contributed by atoms with E-state index < -0.39 is 6.10 Å². The molecule has 0 radical (unpaired) electrons. The predicted octanol–water partition coefficient (Wildman–Crippen LogP) is 14.2. The van der Waals surface area contributed by atoms with Crippen LogP contribution in [0, 0.1) is 0 Å². The number of amides is 1. The van der Waals surface area contributed by atoms with Crippen LogP contribution in [0.2, 0.25) is 0 Å². The summed E-state index contributed by atoms with van der Waals surface area (Å²) < 4.78 is 0. The number of carbonyl (C=O) groups is 1. The highest BCUT2D eigenvalue weighted by Gasteiger charge is 2.12. The summed E-state index contributed by atoms with van der Waals surface area (Å²) in [7, 11) is 0. The summed E-state index contributed by atoms with van der Waals surface area (Å²) in [5, 5.41) is 20.9. The Balaban J connectivity index is 4.13. The van der Waals surface area contributed by atoms with Gasteiger partial charge < -0.3 is 26.0 Å². The minimum Gasteiger partial charge on any atom is -0.390 e. The van der Waals surface area contributed by atoms with Crippen molar-refractivity contribution in [2.75, 3.05) is 52.4 Å². The van der Waals surface area contributed by atoms with Crippen molar-refractivity contribution in [3.05, 3.63) is 0 Å². The fraction of sp³-hybridized carbons (Fsp3) is 0.981. The van der Waals surface area contributed by atoms with Crippen molar-refractivity contribution in [1.82, 2.24) is 20.9 Å². The maximum Gasteiger partial charge on any atom is 0.233 e. The zero-order valence-electron chi connectivity index (χ0n) is 40.1. The molecule has 0 bridgehead atoms. The van der Waals surface area contributed by atoms with Crippen LogP contribution in [0.15, 0.2) is 0 Å². The molecule has 0 aliphatic rings. The van der Waals surface area contributed by atoms with Crippen LogP contribution in [-0.2, 0) is 4.79 Å². The Morgan fingerprint density at radius 2 is 0.690 bits per heavy atom. The topological polar surface area (TPSA) is 76.6 Å². The number of hydrogen-bond acceptors (Lipinski definition) is 5. The van der Waals surface area contributed by atoms with Gasteiger partial charge in [0.2, 0.25) is 5.91 Å². The molecule has 1 amide bonds. The van der Waals surface area contributed by atoms with Crippen LogP contribution in [0.25, 0.3) is 0 Å². The van der Waals surface area contributed by atoms with Gasteiger partial charge in [-0.2, -0.15) is 0 Å². The van der Waals surface area contributed by atoms with E-state index in [1.165, 1.54) is 244 Å². The molecule has 0 heterocycles. The number of hydrogen-bond donors (Lipinski definition) is 4. The van der Waals surface area contributed by atoms with Gasteiger partial charge in [0.25, 0.3) is 0 Å². The summed E-state index contributed by atoms with van der Waals surface area (Å²) >= 11 is 0. The number of nitrogens with zero attached hydrogens (tertiary/aromatic N) is 1. The third kappa shape index (κ3) is 48.0. The Morgan fingerprint density at radius 3 is 1.07 bits per heavy atom. The molecule has 0 fully saturated rings. The normalized spacial score (nSPS) is 12.2. The summed E-state index contributed by atoms with van der Waals surface area (Å²) in [5.74, 6) is 0.0510. The van der Waals surface area contributed by atoms with Gasteiger partial charge in [-0.3, -0.25) is 4.79 Å². The lowest BCUT2D eigenvalue weighted by atomic mass is 10.0. The predicted molar refractivity (Wildman–Crippen MR) is 258 cm³/mol. The van der Waals surface area contributed by atoms with Crippen molar-refractivity contribution in [3.63, 3.8) is 0 Å². The zero-order chi connectivity index (χ0) is 42.1. The minimum atomic E-state index is -0.449. The van der Waals surface area contributed by atoms with Crippen LogP contribution in [0.4, 0.5) is 0 Å². The van der Waals surface area contributed by atoms with Crippen molar-refractivity contribution in [1.29, 1.82) is 0 Å². The van der Waals surface area contributed by atoms with E-state index in [9.17, 15) is 9.90 Å². The second-order valence-corrected chi connectivity index (χ2v) is 18.4. The van der Waals surface area contributed by atoms with E-state index >= 15 is 0 Å². The second kappa shape index (κ2) is 50.7. The van der Waals surface area contributed by atoms with E-state index in [4.69, 9.17) is 0 Å². The largest absolute Gasteiger partial charge is 0.390 e. The average Bonchev–Trinajstić information content (AvgIpc) is 3.22. The van der Waals surface area contributed by atoms with Gasteiger partial charge in [-0.1, -0.05) is 239 Å². The minimum absolute atomic E-state index is 0.0510. The Labute approximate surface area is 365 Å². The third-order valence-corrected chi connectivity index (χ3v) is 12.3. The first-order valence-corrected chi connectivity index (χ1v) is 26.7. The first-order chi connectivity index (χ1) is 28.6. The molecular weight excluding hydrogens is 713 g/mol. The lowest BCUT2D eigenvalue weighted by molar-refractivity contribution is -0.120. The first kappa shape index (κ1) is 57.3. The lowest BCUT2D eigenvalue weighted by Gasteiger charge is -2.25. The molecule has 0 saturated heterocycles. The molecule has 0 saturated carbocycles. The molecule has 0 aliphatic carbocycles. The summed E-state index contributed by atoms with van der Waals surface area (Å²) in [6.45, 7) is 13.5. The van der Waals surface area contributed by atoms with E-state index in [0.29, 0.717) is 19.6 Å². The smallest absolute Gasteiger partial charge is 0.233 e. The zero-order valence-corrected chi connectivity index (χ0v) is 40.1. The van der Waals surface area contributed by atoms with E-state index in [1.807, 2.05) is 0 Å². The maximum atomic E-state index is 12.4. The average molecular weight is 821 g/mol. The van der Waals surface area contributed by atoms with Crippen LogP contribution in [0.3, 0.4) is 0 Å². The quantitative estimate of drug-likeness (QED) is 0.0460. The number of aliphatic hydroxyl groups is 1. The van der Waals surface area contributed by atoms with Gasteiger partial charge in [-0.25, -0.2) is 0 Å². The van der Waals surface area contributed by atoms with Crippen LogP contribution in [0.1, 0.15) is 271 Å². The van der Waals surface area contributed by atoms with Crippen molar-refractivity contribution in [3.8, 4) is 0 Å². The molecule has 0 rings (SSSR count). The fourth-order valence-corrected chi connectivity index (χ4v) is 8.42. The first-order valence-electron chi connectivity index (χ1n) is 26.7. The highest BCUT2D eigenvalue weighted by Crippen LogP contribution is 2.15. The number of unbranched alkanes of at least 4 members (excludes halogenated alkanes) is 35. The Bertz CT molecular complexity index is 768. The molecule has 0 aliphatic heterocycles. The lowest BCUT2D eigenvalue weighted by Crippen LogP contribution is -2.42. The molecule has 1 atom stereocenters. The number of rotatable bonds is 51. The maximum absolute atomic E-state index is 12.4. The number of aliphatic hydroxyl groups excluding tert-OH is 1. The summed E-state index contributed by atoms with van der Waals surface area (Å²) in [6.07, 6.45) is 52.6. The monoisotopic (exact) mass is 821 g/mol.